The van der Waals surface area contributed by atoms with E-state index in [0.29, 0.717) is 6.04 Å². The average molecular weight is 275 g/mol. The fourth-order valence-electron chi connectivity index (χ4n) is 3.35. The summed E-state index contributed by atoms with van der Waals surface area (Å²) in [4.78, 5) is 12.2. The van der Waals surface area contributed by atoms with Gasteiger partial charge in [-0.1, -0.05) is 26.7 Å². The van der Waals surface area contributed by atoms with Crippen molar-refractivity contribution < 1.29 is 4.79 Å². The third-order valence-corrected chi connectivity index (χ3v) is 4.66. The lowest BCUT2D eigenvalue weighted by molar-refractivity contribution is -0.127. The number of nitrogens with one attached hydrogen (secondary N) is 1. The highest BCUT2D eigenvalue weighted by atomic mass is 35.5. The molecule has 0 heterocycles. The molecule has 2 aliphatic carbocycles. The van der Waals surface area contributed by atoms with Gasteiger partial charge in [-0.25, -0.2) is 0 Å². The molecule has 0 bridgehead atoms. The minimum Gasteiger partial charge on any atom is -0.353 e. The van der Waals surface area contributed by atoms with E-state index in [9.17, 15) is 4.79 Å². The number of carbonyl (C=O) groups excluding carboxylic acids is 1. The van der Waals surface area contributed by atoms with E-state index < -0.39 is 0 Å². The molecule has 3 unspecified atom stereocenters. The summed E-state index contributed by atoms with van der Waals surface area (Å²) in [6, 6.07) is 0.601. The molecule has 0 spiro atoms. The van der Waals surface area contributed by atoms with Crippen LogP contribution in [0.25, 0.3) is 0 Å². The van der Waals surface area contributed by atoms with Crippen molar-refractivity contribution in [1.29, 1.82) is 0 Å². The van der Waals surface area contributed by atoms with Crippen LogP contribution in [0, 0.1) is 11.3 Å². The van der Waals surface area contributed by atoms with Crippen LogP contribution in [0.3, 0.4) is 0 Å². The number of carbonyl (C=O) groups is 1. The SMILES string of the molecule is CC1(C)CCCC1NC(=O)C1CCCC(N)C1.Cl. The highest BCUT2D eigenvalue weighted by molar-refractivity contribution is 5.85. The Morgan fingerprint density at radius 3 is 2.50 bits per heavy atom. The first-order chi connectivity index (χ1) is 7.99. The smallest absolute Gasteiger partial charge is 0.223 e. The van der Waals surface area contributed by atoms with Gasteiger partial charge >= 0.3 is 0 Å². The average Bonchev–Trinajstić information content (AvgIpc) is 2.58. The Bertz CT molecular complexity index is 294. The Kier molecular flexibility index (Phi) is 5.47. The van der Waals surface area contributed by atoms with E-state index in [1.807, 2.05) is 0 Å². The lowest BCUT2D eigenvalue weighted by atomic mass is 9.84. The van der Waals surface area contributed by atoms with Crippen LogP contribution in [-0.4, -0.2) is 18.0 Å². The van der Waals surface area contributed by atoms with Crippen LogP contribution in [-0.2, 0) is 4.79 Å². The molecule has 2 fully saturated rings. The molecular weight excluding hydrogens is 248 g/mol. The van der Waals surface area contributed by atoms with Crippen molar-refractivity contribution in [3.05, 3.63) is 0 Å². The molecule has 18 heavy (non-hydrogen) atoms. The Hall–Kier alpha value is -0.280. The highest BCUT2D eigenvalue weighted by Crippen LogP contribution is 2.37. The second-order valence-electron chi connectivity index (χ2n) is 6.57. The van der Waals surface area contributed by atoms with E-state index in [1.54, 1.807) is 0 Å². The van der Waals surface area contributed by atoms with E-state index >= 15 is 0 Å². The summed E-state index contributed by atoms with van der Waals surface area (Å²) < 4.78 is 0. The topological polar surface area (TPSA) is 55.1 Å². The van der Waals surface area contributed by atoms with Crippen molar-refractivity contribution >= 4 is 18.3 Å². The largest absolute Gasteiger partial charge is 0.353 e. The summed E-state index contributed by atoms with van der Waals surface area (Å²) in [6.45, 7) is 4.52. The molecule has 2 saturated carbocycles. The summed E-state index contributed by atoms with van der Waals surface area (Å²) in [5.74, 6) is 0.412. The molecular formula is C14H27ClN2O. The van der Waals surface area contributed by atoms with Crippen molar-refractivity contribution in [2.45, 2.75) is 70.9 Å². The van der Waals surface area contributed by atoms with Gasteiger partial charge in [0.2, 0.25) is 5.91 Å². The number of rotatable bonds is 2. The van der Waals surface area contributed by atoms with Crippen molar-refractivity contribution in [1.82, 2.24) is 5.32 Å². The first-order valence-electron chi connectivity index (χ1n) is 7.05. The summed E-state index contributed by atoms with van der Waals surface area (Å²) in [7, 11) is 0. The minimum absolute atomic E-state index is 0. The molecule has 106 valence electrons. The van der Waals surface area contributed by atoms with Crippen LogP contribution < -0.4 is 11.1 Å². The van der Waals surface area contributed by atoms with Crippen LogP contribution >= 0.6 is 12.4 Å². The van der Waals surface area contributed by atoms with Gasteiger partial charge in [-0.2, -0.15) is 0 Å². The van der Waals surface area contributed by atoms with E-state index in [2.05, 4.69) is 19.2 Å². The maximum Gasteiger partial charge on any atom is 0.223 e. The molecule has 4 heteroatoms. The van der Waals surface area contributed by atoms with Crippen molar-refractivity contribution in [3.63, 3.8) is 0 Å². The Morgan fingerprint density at radius 1 is 1.22 bits per heavy atom. The predicted molar refractivity (Wildman–Crippen MR) is 76.7 cm³/mol. The van der Waals surface area contributed by atoms with Crippen LogP contribution in [0.1, 0.15) is 58.8 Å². The van der Waals surface area contributed by atoms with Gasteiger partial charge in [-0.15, -0.1) is 12.4 Å². The fraction of sp³-hybridized carbons (Fsp3) is 0.929. The minimum atomic E-state index is 0. The van der Waals surface area contributed by atoms with Gasteiger partial charge in [0, 0.05) is 18.0 Å². The molecule has 3 N–H and O–H groups in total. The molecule has 3 atom stereocenters. The summed E-state index contributed by atoms with van der Waals surface area (Å²) in [6.07, 6.45) is 7.68. The molecule has 3 nitrogen and oxygen atoms in total. The van der Waals surface area contributed by atoms with Gasteiger partial charge in [0.1, 0.15) is 0 Å². The summed E-state index contributed by atoms with van der Waals surface area (Å²) >= 11 is 0. The summed E-state index contributed by atoms with van der Waals surface area (Å²) in [5.41, 5.74) is 6.21. The Morgan fingerprint density at radius 2 is 1.94 bits per heavy atom. The van der Waals surface area contributed by atoms with Gasteiger partial charge in [-0.3, -0.25) is 4.79 Å². The van der Waals surface area contributed by atoms with Crippen molar-refractivity contribution in [2.24, 2.45) is 17.1 Å². The van der Waals surface area contributed by atoms with Crippen LogP contribution in [0.5, 0.6) is 0 Å². The highest BCUT2D eigenvalue weighted by Gasteiger charge is 2.37. The van der Waals surface area contributed by atoms with E-state index in [1.165, 1.54) is 12.8 Å². The number of halogens is 1. The maximum absolute atomic E-state index is 12.2. The molecule has 0 aromatic heterocycles. The van der Waals surface area contributed by atoms with E-state index in [0.717, 1.165) is 32.1 Å². The number of amides is 1. The number of hydrogen-bond donors (Lipinski definition) is 2. The van der Waals surface area contributed by atoms with Gasteiger partial charge in [0.05, 0.1) is 0 Å². The van der Waals surface area contributed by atoms with E-state index in [4.69, 9.17) is 5.73 Å². The zero-order chi connectivity index (χ0) is 12.5. The van der Waals surface area contributed by atoms with Gasteiger partial charge < -0.3 is 11.1 Å². The van der Waals surface area contributed by atoms with Crippen molar-refractivity contribution in [2.75, 3.05) is 0 Å². The molecule has 1 amide bonds. The van der Waals surface area contributed by atoms with Crippen LogP contribution in [0.15, 0.2) is 0 Å². The predicted octanol–water partition coefficient (Wildman–Crippen LogP) is 2.62. The molecule has 0 radical (unpaired) electrons. The molecule has 0 aromatic rings. The molecule has 0 aliphatic heterocycles. The first kappa shape index (κ1) is 15.8. The zero-order valence-electron chi connectivity index (χ0n) is 11.6. The molecule has 2 rings (SSSR count). The summed E-state index contributed by atoms with van der Waals surface area (Å²) in [5, 5.41) is 3.26. The molecule has 2 aliphatic rings. The maximum atomic E-state index is 12.2. The molecule has 0 aromatic carbocycles. The lowest BCUT2D eigenvalue weighted by Gasteiger charge is -2.31. The van der Waals surface area contributed by atoms with E-state index in [-0.39, 0.29) is 35.7 Å². The monoisotopic (exact) mass is 274 g/mol. The quantitative estimate of drug-likeness (QED) is 0.813. The van der Waals surface area contributed by atoms with Crippen LogP contribution in [0.2, 0.25) is 0 Å². The fourth-order valence-corrected chi connectivity index (χ4v) is 3.35. The van der Waals surface area contributed by atoms with Crippen molar-refractivity contribution in [3.8, 4) is 0 Å². The van der Waals surface area contributed by atoms with Gasteiger partial charge in [-0.05, 0) is 37.5 Å². The second-order valence-corrected chi connectivity index (χ2v) is 6.57. The molecule has 0 saturated heterocycles. The van der Waals surface area contributed by atoms with Gasteiger partial charge in [0.15, 0.2) is 0 Å². The Balaban J connectivity index is 0.00000162. The third-order valence-electron chi connectivity index (χ3n) is 4.66. The standard InChI is InChI=1S/C14H26N2O.ClH/c1-14(2)8-4-7-12(14)16-13(17)10-5-3-6-11(15)9-10;/h10-12H,3-9,15H2,1-2H3,(H,16,17);1H. The number of nitrogens with two attached hydrogens (primary N) is 1. The van der Waals surface area contributed by atoms with Crippen LogP contribution in [0.4, 0.5) is 0 Å². The normalized spacial score (nSPS) is 34.7. The number of hydrogen-bond acceptors (Lipinski definition) is 2. The lowest BCUT2D eigenvalue weighted by Crippen LogP contribution is -2.46. The Labute approximate surface area is 117 Å². The second kappa shape index (κ2) is 6.25. The zero-order valence-corrected chi connectivity index (χ0v) is 12.4. The van der Waals surface area contributed by atoms with Gasteiger partial charge in [0.25, 0.3) is 0 Å². The third kappa shape index (κ3) is 3.61. The first-order valence-corrected chi connectivity index (χ1v) is 7.05.